The second-order valence-electron chi connectivity index (χ2n) is 5.16. The van der Waals surface area contributed by atoms with Crippen LogP contribution in [0.3, 0.4) is 0 Å². The molecule has 0 aliphatic heterocycles. The van der Waals surface area contributed by atoms with Gasteiger partial charge in [-0.25, -0.2) is 0 Å². The fourth-order valence-electron chi connectivity index (χ4n) is 2.32. The van der Waals surface area contributed by atoms with E-state index in [9.17, 15) is 5.11 Å². The fourth-order valence-corrected chi connectivity index (χ4v) is 2.32. The minimum atomic E-state index is 0.189. The van der Waals surface area contributed by atoms with Gasteiger partial charge in [0.25, 0.3) is 0 Å². The second kappa shape index (κ2) is 6.53. The van der Waals surface area contributed by atoms with Gasteiger partial charge in [0.2, 0.25) is 0 Å². The van der Waals surface area contributed by atoms with E-state index in [1.165, 1.54) is 22.3 Å². The molecule has 1 nitrogen and oxygen atoms in total. The number of aryl methyl sites for hydroxylation is 2. The Morgan fingerprint density at radius 2 is 1.47 bits per heavy atom. The zero-order valence-electron chi connectivity index (χ0n) is 11.8. The Morgan fingerprint density at radius 1 is 0.895 bits per heavy atom. The maximum atomic E-state index is 9.62. The topological polar surface area (TPSA) is 20.2 Å². The molecule has 0 spiro atoms. The van der Waals surface area contributed by atoms with Gasteiger partial charge in [0.1, 0.15) is 0 Å². The van der Waals surface area contributed by atoms with Crippen LogP contribution in [0.15, 0.2) is 48.5 Å². The predicted octanol–water partition coefficient (Wildman–Crippen LogP) is 3.88. The summed E-state index contributed by atoms with van der Waals surface area (Å²) in [4.78, 5) is 0. The first-order valence-corrected chi connectivity index (χ1v) is 6.98. The van der Waals surface area contributed by atoms with Gasteiger partial charge < -0.3 is 5.11 Å². The Hall–Kier alpha value is -1.60. The van der Waals surface area contributed by atoms with Crippen LogP contribution in [0, 0.1) is 6.92 Å². The number of aliphatic hydroxyl groups is 1. The van der Waals surface area contributed by atoms with E-state index in [1.54, 1.807) is 0 Å². The standard InChI is InChI=1S/C18H22O/c1-3-15-8-10-17(11-9-15)18(13-19)12-16-6-4-14(2)5-7-16/h4-11,18-19H,3,12-13H2,1-2H3. The molecule has 0 saturated heterocycles. The molecule has 2 aromatic rings. The maximum Gasteiger partial charge on any atom is 0.0502 e. The molecule has 0 bridgehead atoms. The Kier molecular flexibility index (Phi) is 4.75. The van der Waals surface area contributed by atoms with Crippen molar-refractivity contribution in [2.24, 2.45) is 0 Å². The normalized spacial score (nSPS) is 12.4. The van der Waals surface area contributed by atoms with Crippen LogP contribution in [0.25, 0.3) is 0 Å². The van der Waals surface area contributed by atoms with E-state index >= 15 is 0 Å². The van der Waals surface area contributed by atoms with Crippen molar-refractivity contribution < 1.29 is 5.11 Å². The Morgan fingerprint density at radius 3 is 2.00 bits per heavy atom. The summed E-state index contributed by atoms with van der Waals surface area (Å²) in [7, 11) is 0. The molecule has 100 valence electrons. The third-order valence-corrected chi connectivity index (χ3v) is 3.68. The van der Waals surface area contributed by atoms with Crippen LogP contribution in [0.2, 0.25) is 0 Å². The summed E-state index contributed by atoms with van der Waals surface area (Å²) in [5.74, 6) is 0.189. The van der Waals surface area contributed by atoms with Crippen LogP contribution in [0.1, 0.15) is 35.1 Å². The highest BCUT2D eigenvalue weighted by molar-refractivity contribution is 5.29. The van der Waals surface area contributed by atoms with Gasteiger partial charge in [-0.05, 0) is 36.5 Å². The first kappa shape index (κ1) is 13.8. The monoisotopic (exact) mass is 254 g/mol. The molecule has 1 atom stereocenters. The van der Waals surface area contributed by atoms with Crippen LogP contribution < -0.4 is 0 Å². The molecule has 0 radical (unpaired) electrons. The van der Waals surface area contributed by atoms with Crippen LogP contribution in [-0.4, -0.2) is 11.7 Å². The lowest BCUT2D eigenvalue weighted by molar-refractivity contribution is 0.264. The van der Waals surface area contributed by atoms with Gasteiger partial charge in [-0.1, -0.05) is 61.0 Å². The van der Waals surface area contributed by atoms with E-state index in [0.717, 1.165) is 12.8 Å². The van der Waals surface area contributed by atoms with Gasteiger partial charge in [-0.2, -0.15) is 0 Å². The molecule has 0 aliphatic carbocycles. The average molecular weight is 254 g/mol. The molecule has 19 heavy (non-hydrogen) atoms. The average Bonchev–Trinajstić information content (AvgIpc) is 2.47. The molecule has 1 unspecified atom stereocenters. The number of hydrogen-bond acceptors (Lipinski definition) is 1. The zero-order valence-corrected chi connectivity index (χ0v) is 11.8. The van der Waals surface area contributed by atoms with E-state index < -0.39 is 0 Å². The van der Waals surface area contributed by atoms with Crippen molar-refractivity contribution in [3.8, 4) is 0 Å². The van der Waals surface area contributed by atoms with Crippen LogP contribution in [-0.2, 0) is 12.8 Å². The van der Waals surface area contributed by atoms with E-state index in [1.807, 2.05) is 0 Å². The molecule has 0 heterocycles. The van der Waals surface area contributed by atoms with Crippen molar-refractivity contribution in [2.75, 3.05) is 6.61 Å². The maximum absolute atomic E-state index is 9.62. The minimum absolute atomic E-state index is 0.189. The molecule has 1 heteroatoms. The van der Waals surface area contributed by atoms with Crippen LogP contribution >= 0.6 is 0 Å². The molecular formula is C18H22O. The fraction of sp³-hybridized carbons (Fsp3) is 0.333. The first-order chi connectivity index (χ1) is 9.22. The van der Waals surface area contributed by atoms with Gasteiger partial charge in [0.05, 0.1) is 6.61 Å². The predicted molar refractivity (Wildman–Crippen MR) is 80.5 cm³/mol. The second-order valence-corrected chi connectivity index (χ2v) is 5.16. The highest BCUT2D eigenvalue weighted by Gasteiger charge is 2.11. The summed E-state index contributed by atoms with van der Waals surface area (Å²) in [5, 5.41) is 9.62. The van der Waals surface area contributed by atoms with Crippen molar-refractivity contribution in [1.29, 1.82) is 0 Å². The van der Waals surface area contributed by atoms with Crippen molar-refractivity contribution in [3.63, 3.8) is 0 Å². The number of benzene rings is 2. The third-order valence-electron chi connectivity index (χ3n) is 3.68. The SMILES string of the molecule is CCc1ccc(C(CO)Cc2ccc(C)cc2)cc1. The highest BCUT2D eigenvalue weighted by Crippen LogP contribution is 2.21. The van der Waals surface area contributed by atoms with E-state index in [2.05, 4.69) is 62.4 Å². The molecule has 0 aromatic heterocycles. The smallest absolute Gasteiger partial charge is 0.0502 e. The molecule has 0 amide bonds. The molecule has 2 aromatic carbocycles. The largest absolute Gasteiger partial charge is 0.396 e. The van der Waals surface area contributed by atoms with Gasteiger partial charge in [0.15, 0.2) is 0 Å². The zero-order chi connectivity index (χ0) is 13.7. The van der Waals surface area contributed by atoms with Crippen molar-refractivity contribution in [2.45, 2.75) is 32.6 Å². The van der Waals surface area contributed by atoms with Crippen molar-refractivity contribution >= 4 is 0 Å². The molecule has 0 saturated carbocycles. The molecule has 0 aliphatic rings. The summed E-state index contributed by atoms with van der Waals surface area (Å²) in [6, 6.07) is 17.2. The summed E-state index contributed by atoms with van der Waals surface area (Å²) >= 11 is 0. The lowest BCUT2D eigenvalue weighted by Gasteiger charge is -2.15. The number of rotatable bonds is 5. The lowest BCUT2D eigenvalue weighted by Crippen LogP contribution is -2.08. The van der Waals surface area contributed by atoms with Gasteiger partial charge >= 0.3 is 0 Å². The molecule has 0 fully saturated rings. The van der Waals surface area contributed by atoms with Gasteiger partial charge in [-0.15, -0.1) is 0 Å². The van der Waals surface area contributed by atoms with E-state index in [0.29, 0.717) is 0 Å². The van der Waals surface area contributed by atoms with Gasteiger partial charge in [0, 0.05) is 5.92 Å². The Bertz CT molecular complexity index is 496. The third kappa shape index (κ3) is 3.68. The van der Waals surface area contributed by atoms with Gasteiger partial charge in [-0.3, -0.25) is 0 Å². The number of hydrogen-bond donors (Lipinski definition) is 1. The summed E-state index contributed by atoms with van der Waals surface area (Å²) in [6.45, 7) is 4.45. The summed E-state index contributed by atoms with van der Waals surface area (Å²) in [5.41, 5.74) is 5.12. The van der Waals surface area contributed by atoms with Crippen molar-refractivity contribution in [1.82, 2.24) is 0 Å². The summed E-state index contributed by atoms with van der Waals surface area (Å²) in [6.07, 6.45) is 1.95. The van der Waals surface area contributed by atoms with E-state index in [4.69, 9.17) is 0 Å². The first-order valence-electron chi connectivity index (χ1n) is 6.98. The Balaban J connectivity index is 2.12. The molecule has 2 rings (SSSR count). The molecule has 1 N–H and O–H groups in total. The lowest BCUT2D eigenvalue weighted by atomic mass is 9.91. The van der Waals surface area contributed by atoms with Crippen LogP contribution in [0.5, 0.6) is 0 Å². The van der Waals surface area contributed by atoms with Crippen LogP contribution in [0.4, 0.5) is 0 Å². The Labute approximate surface area is 115 Å². The molecular weight excluding hydrogens is 232 g/mol. The quantitative estimate of drug-likeness (QED) is 0.858. The van der Waals surface area contributed by atoms with E-state index in [-0.39, 0.29) is 12.5 Å². The minimum Gasteiger partial charge on any atom is -0.396 e. The highest BCUT2D eigenvalue weighted by atomic mass is 16.3. The summed E-state index contributed by atoms with van der Waals surface area (Å²) < 4.78 is 0. The van der Waals surface area contributed by atoms with Crippen molar-refractivity contribution in [3.05, 3.63) is 70.8 Å². The number of aliphatic hydroxyl groups excluding tert-OH is 1.